The number of aromatic amines is 1. The number of aromatic carboxylic acids is 1. The second kappa shape index (κ2) is 5.12. The number of nitrogens with one attached hydrogen (secondary N) is 1. The molecule has 0 aliphatic rings. The summed E-state index contributed by atoms with van der Waals surface area (Å²) in [5.41, 5.74) is 0.569. The van der Waals surface area contributed by atoms with Gasteiger partial charge in [-0.2, -0.15) is 0 Å². The lowest BCUT2D eigenvalue weighted by atomic mass is 10.2. The number of hydrogen-bond donors (Lipinski definition) is 2. The Morgan fingerprint density at radius 1 is 1.35 bits per heavy atom. The van der Waals surface area contributed by atoms with Crippen molar-refractivity contribution in [3.8, 4) is 0 Å². The van der Waals surface area contributed by atoms with Crippen LogP contribution in [0, 0.1) is 13.8 Å². The Labute approximate surface area is 113 Å². The van der Waals surface area contributed by atoms with Crippen molar-refractivity contribution in [2.24, 2.45) is 0 Å². The van der Waals surface area contributed by atoms with Crippen LogP contribution in [0.25, 0.3) is 0 Å². The number of rotatable bonds is 3. The summed E-state index contributed by atoms with van der Waals surface area (Å²) in [5, 5.41) is 11.3. The summed E-state index contributed by atoms with van der Waals surface area (Å²) in [6.45, 7) is 3.24. The van der Waals surface area contributed by atoms with Crippen molar-refractivity contribution in [2.45, 2.75) is 20.4 Å². The Kier molecular flexibility index (Phi) is 3.51. The van der Waals surface area contributed by atoms with Gasteiger partial charge < -0.3 is 5.11 Å². The van der Waals surface area contributed by atoms with Crippen LogP contribution >= 0.6 is 0 Å². The van der Waals surface area contributed by atoms with E-state index in [2.05, 4.69) is 10.1 Å². The summed E-state index contributed by atoms with van der Waals surface area (Å²) in [6, 6.07) is 2.95. The van der Waals surface area contributed by atoms with E-state index in [0.29, 0.717) is 16.7 Å². The minimum absolute atomic E-state index is 0.0813. The molecule has 104 valence electrons. The zero-order chi connectivity index (χ0) is 14.9. The molecule has 0 saturated carbocycles. The number of carboxylic acids is 1. The number of carbonyl (C=O) groups is 1. The Balaban J connectivity index is 2.46. The summed E-state index contributed by atoms with van der Waals surface area (Å²) in [5.74, 6) is -1.15. The molecule has 0 unspecified atom stereocenters. The fraction of sp³-hybridized carbons (Fsp3) is 0.231. The van der Waals surface area contributed by atoms with Gasteiger partial charge in [-0.05, 0) is 31.5 Å². The van der Waals surface area contributed by atoms with Gasteiger partial charge in [-0.3, -0.25) is 14.7 Å². The Morgan fingerprint density at radius 3 is 2.70 bits per heavy atom. The highest BCUT2D eigenvalue weighted by Crippen LogP contribution is 2.03. The molecule has 2 N–H and O–H groups in total. The van der Waals surface area contributed by atoms with E-state index in [1.807, 2.05) is 0 Å². The molecule has 0 bridgehead atoms. The molecule has 0 aliphatic carbocycles. The average Bonchev–Trinajstić information content (AvgIpc) is 2.42. The zero-order valence-electron chi connectivity index (χ0n) is 11.0. The fourth-order valence-electron chi connectivity index (χ4n) is 1.77. The third-order valence-electron chi connectivity index (χ3n) is 3.09. The Morgan fingerprint density at radius 2 is 2.05 bits per heavy atom. The van der Waals surface area contributed by atoms with Gasteiger partial charge in [0.1, 0.15) is 5.69 Å². The van der Waals surface area contributed by atoms with Gasteiger partial charge in [0.05, 0.1) is 6.54 Å². The standard InChI is InChI=1S/C13H13N3O4/c1-7-8(2)12(18)16(15-11(7)17)6-9-3-4-14-10(5-9)13(19)20/h3-5H,6H2,1-2H3,(H,15,17)(H,19,20). The molecular formula is C13H13N3O4. The van der Waals surface area contributed by atoms with Gasteiger partial charge in [-0.25, -0.2) is 14.5 Å². The third-order valence-corrected chi connectivity index (χ3v) is 3.09. The highest BCUT2D eigenvalue weighted by atomic mass is 16.4. The van der Waals surface area contributed by atoms with Crippen LogP contribution in [0.5, 0.6) is 0 Å². The predicted molar refractivity (Wildman–Crippen MR) is 71.1 cm³/mol. The van der Waals surface area contributed by atoms with Crippen molar-refractivity contribution in [1.29, 1.82) is 0 Å². The molecule has 2 aromatic rings. The smallest absolute Gasteiger partial charge is 0.354 e. The molecule has 2 heterocycles. The van der Waals surface area contributed by atoms with Gasteiger partial charge in [0.2, 0.25) is 0 Å². The first kappa shape index (κ1) is 13.7. The van der Waals surface area contributed by atoms with Crippen LogP contribution in [0.4, 0.5) is 0 Å². The zero-order valence-corrected chi connectivity index (χ0v) is 11.0. The molecule has 0 aliphatic heterocycles. The first-order valence-corrected chi connectivity index (χ1v) is 5.88. The van der Waals surface area contributed by atoms with E-state index >= 15 is 0 Å². The van der Waals surface area contributed by atoms with Crippen molar-refractivity contribution in [3.63, 3.8) is 0 Å². The first-order chi connectivity index (χ1) is 9.40. The molecule has 0 saturated heterocycles. The summed E-state index contributed by atoms with van der Waals surface area (Å²) in [7, 11) is 0. The lowest BCUT2D eigenvalue weighted by Crippen LogP contribution is -2.33. The normalized spacial score (nSPS) is 10.5. The predicted octanol–water partition coefficient (Wildman–Crippen LogP) is 0.295. The van der Waals surface area contributed by atoms with Gasteiger partial charge in [-0.1, -0.05) is 0 Å². The van der Waals surface area contributed by atoms with Crippen LogP contribution in [-0.2, 0) is 6.54 Å². The van der Waals surface area contributed by atoms with E-state index in [1.165, 1.54) is 12.3 Å². The molecule has 0 fully saturated rings. The van der Waals surface area contributed by atoms with E-state index in [4.69, 9.17) is 5.11 Å². The number of carboxylic acid groups (broad SMARTS) is 1. The largest absolute Gasteiger partial charge is 0.477 e. The van der Waals surface area contributed by atoms with Crippen LogP contribution in [0.15, 0.2) is 27.9 Å². The summed E-state index contributed by atoms with van der Waals surface area (Å²) in [4.78, 5) is 38.2. The maximum atomic E-state index is 12.0. The minimum Gasteiger partial charge on any atom is -0.477 e. The number of pyridine rings is 1. The van der Waals surface area contributed by atoms with E-state index in [1.54, 1.807) is 19.9 Å². The molecular weight excluding hydrogens is 262 g/mol. The van der Waals surface area contributed by atoms with E-state index in [9.17, 15) is 14.4 Å². The summed E-state index contributed by atoms with van der Waals surface area (Å²) >= 11 is 0. The number of nitrogens with zero attached hydrogens (tertiary/aromatic N) is 2. The van der Waals surface area contributed by atoms with Crippen LogP contribution in [0.2, 0.25) is 0 Å². The number of aromatic nitrogens is 3. The highest BCUT2D eigenvalue weighted by Gasteiger charge is 2.09. The van der Waals surface area contributed by atoms with Crippen LogP contribution in [0.3, 0.4) is 0 Å². The SMILES string of the molecule is Cc1c(C)c(=O)n(Cc2ccnc(C(=O)O)c2)[nH]c1=O. The minimum atomic E-state index is -1.15. The Bertz CT molecular complexity index is 789. The van der Waals surface area contributed by atoms with Crippen LogP contribution < -0.4 is 11.1 Å². The number of hydrogen-bond acceptors (Lipinski definition) is 4. The number of H-pyrrole nitrogens is 1. The van der Waals surface area contributed by atoms with Gasteiger partial charge in [0, 0.05) is 17.3 Å². The highest BCUT2D eigenvalue weighted by molar-refractivity contribution is 5.85. The van der Waals surface area contributed by atoms with Crippen molar-refractivity contribution >= 4 is 5.97 Å². The topological polar surface area (TPSA) is 105 Å². The summed E-state index contributed by atoms with van der Waals surface area (Å²) in [6.07, 6.45) is 1.35. The molecule has 20 heavy (non-hydrogen) atoms. The van der Waals surface area contributed by atoms with E-state index in [-0.39, 0.29) is 23.4 Å². The first-order valence-electron chi connectivity index (χ1n) is 5.88. The Hall–Kier alpha value is -2.70. The van der Waals surface area contributed by atoms with Gasteiger partial charge in [0.25, 0.3) is 11.1 Å². The van der Waals surface area contributed by atoms with Crippen molar-refractivity contribution in [3.05, 3.63) is 61.4 Å². The fourth-order valence-corrected chi connectivity index (χ4v) is 1.77. The van der Waals surface area contributed by atoms with Crippen molar-refractivity contribution in [2.75, 3.05) is 0 Å². The third kappa shape index (κ3) is 2.51. The van der Waals surface area contributed by atoms with E-state index < -0.39 is 5.97 Å². The lowest BCUT2D eigenvalue weighted by Gasteiger charge is -2.08. The second-order valence-corrected chi connectivity index (χ2v) is 4.44. The molecule has 0 aromatic carbocycles. The van der Waals surface area contributed by atoms with Gasteiger partial charge in [0.15, 0.2) is 0 Å². The lowest BCUT2D eigenvalue weighted by molar-refractivity contribution is 0.0690. The molecule has 0 amide bonds. The van der Waals surface area contributed by atoms with Gasteiger partial charge >= 0.3 is 5.97 Å². The quantitative estimate of drug-likeness (QED) is 0.837. The monoisotopic (exact) mass is 275 g/mol. The second-order valence-electron chi connectivity index (χ2n) is 4.44. The summed E-state index contributed by atoms with van der Waals surface area (Å²) < 4.78 is 1.16. The molecule has 0 spiro atoms. The average molecular weight is 275 g/mol. The molecule has 0 radical (unpaired) electrons. The molecule has 7 nitrogen and oxygen atoms in total. The molecule has 7 heteroatoms. The van der Waals surface area contributed by atoms with Crippen molar-refractivity contribution in [1.82, 2.24) is 14.8 Å². The van der Waals surface area contributed by atoms with Gasteiger partial charge in [-0.15, -0.1) is 0 Å². The maximum Gasteiger partial charge on any atom is 0.354 e. The van der Waals surface area contributed by atoms with Crippen LogP contribution in [-0.4, -0.2) is 25.8 Å². The van der Waals surface area contributed by atoms with Crippen LogP contribution in [0.1, 0.15) is 27.2 Å². The maximum absolute atomic E-state index is 12.0. The molecule has 2 aromatic heterocycles. The molecule has 2 rings (SSSR count). The van der Waals surface area contributed by atoms with E-state index in [0.717, 1.165) is 4.68 Å². The van der Waals surface area contributed by atoms with Crippen molar-refractivity contribution < 1.29 is 9.90 Å². The molecule has 0 atom stereocenters.